The lowest BCUT2D eigenvalue weighted by Crippen LogP contribution is -2.30. The van der Waals surface area contributed by atoms with Crippen molar-refractivity contribution in [3.05, 3.63) is 33.9 Å². The van der Waals surface area contributed by atoms with Crippen LogP contribution >= 0.6 is 0 Å². The lowest BCUT2D eigenvalue weighted by Gasteiger charge is -2.19. The van der Waals surface area contributed by atoms with Gasteiger partial charge in [-0.2, -0.15) is 0 Å². The normalized spacial score (nSPS) is 13.4. The molecule has 0 aliphatic carbocycles. The Balaban J connectivity index is 1.73. The van der Waals surface area contributed by atoms with E-state index in [2.05, 4.69) is 0 Å². The lowest BCUT2D eigenvalue weighted by molar-refractivity contribution is -0.166. The highest BCUT2D eigenvalue weighted by atomic mass is 16.6. The number of carbonyl (C=O) groups is 6. The minimum atomic E-state index is -0.852. The molecular formula is C43H64O14. The van der Waals surface area contributed by atoms with Gasteiger partial charge in [-0.05, 0) is 57.4 Å². The molecule has 0 amide bonds. The quantitative estimate of drug-likeness (QED) is 0.0272. The Kier molecular flexibility index (Phi) is 22.6. The highest BCUT2D eigenvalue weighted by Gasteiger charge is 2.34. The van der Waals surface area contributed by atoms with Crippen LogP contribution < -0.4 is 9.47 Å². The van der Waals surface area contributed by atoms with Gasteiger partial charge < -0.3 is 37.9 Å². The number of ether oxygens (including phenoxy) is 8. The highest BCUT2D eigenvalue weighted by molar-refractivity contribution is 5.99. The van der Waals surface area contributed by atoms with Gasteiger partial charge in [0.2, 0.25) is 0 Å². The molecule has 1 aliphatic heterocycles. The number of esters is 6. The Bertz CT molecular complexity index is 1510. The molecular weight excluding hydrogens is 740 g/mol. The van der Waals surface area contributed by atoms with Gasteiger partial charge in [0.25, 0.3) is 0 Å². The third-order valence-corrected chi connectivity index (χ3v) is 9.68. The molecule has 0 bridgehead atoms. The van der Waals surface area contributed by atoms with Crippen molar-refractivity contribution in [1.29, 1.82) is 0 Å². The Morgan fingerprint density at radius 1 is 0.772 bits per heavy atom. The van der Waals surface area contributed by atoms with E-state index in [0.29, 0.717) is 36.3 Å². The fourth-order valence-corrected chi connectivity index (χ4v) is 6.44. The first-order valence-electron chi connectivity index (χ1n) is 20.1. The van der Waals surface area contributed by atoms with Crippen LogP contribution in [0.15, 0.2) is 11.6 Å². The molecule has 0 saturated heterocycles. The van der Waals surface area contributed by atoms with Crippen molar-refractivity contribution in [2.45, 2.75) is 138 Å². The van der Waals surface area contributed by atoms with Gasteiger partial charge in [-0.1, -0.05) is 64.0 Å². The largest absolute Gasteiger partial charge is 0.496 e. The van der Waals surface area contributed by atoms with Crippen molar-refractivity contribution in [2.75, 3.05) is 40.6 Å². The minimum Gasteiger partial charge on any atom is -0.496 e. The molecule has 2 rings (SSSR count). The van der Waals surface area contributed by atoms with Gasteiger partial charge in [0.05, 0.1) is 19.6 Å². The fourth-order valence-electron chi connectivity index (χ4n) is 6.44. The number of unbranched alkanes of at least 4 members (excludes halogenated alkanes) is 4. The number of methoxy groups -OCH3 is 2. The van der Waals surface area contributed by atoms with Gasteiger partial charge in [0.15, 0.2) is 11.9 Å². The molecule has 0 radical (unpaired) electrons. The summed E-state index contributed by atoms with van der Waals surface area (Å²) < 4.78 is 42.7. The van der Waals surface area contributed by atoms with Crippen LogP contribution in [0.3, 0.4) is 0 Å². The van der Waals surface area contributed by atoms with Gasteiger partial charge in [-0.15, -0.1) is 0 Å². The second-order valence-electron chi connectivity index (χ2n) is 14.8. The molecule has 14 heteroatoms. The maximum Gasteiger partial charge on any atom is 0.342 e. The summed E-state index contributed by atoms with van der Waals surface area (Å²) in [5.74, 6) is -2.38. The van der Waals surface area contributed by atoms with E-state index in [4.69, 9.17) is 37.9 Å². The summed E-state index contributed by atoms with van der Waals surface area (Å²) in [6, 6.07) is 0. The van der Waals surface area contributed by atoms with E-state index in [1.807, 2.05) is 33.8 Å². The summed E-state index contributed by atoms with van der Waals surface area (Å²) in [4.78, 5) is 73.1. The topological polar surface area (TPSA) is 176 Å². The van der Waals surface area contributed by atoms with Crippen LogP contribution in [0.25, 0.3) is 0 Å². The monoisotopic (exact) mass is 804 g/mol. The Labute approximate surface area is 337 Å². The van der Waals surface area contributed by atoms with Crippen LogP contribution in [0.4, 0.5) is 0 Å². The molecule has 14 nitrogen and oxygen atoms in total. The number of cyclic esters (lactones) is 1. The van der Waals surface area contributed by atoms with E-state index in [1.54, 1.807) is 14.2 Å². The number of fused-ring (bicyclic) bond motifs is 1. The summed E-state index contributed by atoms with van der Waals surface area (Å²) in [5.41, 5.74) is 3.39. The first kappa shape index (κ1) is 48.7. The van der Waals surface area contributed by atoms with Crippen LogP contribution in [-0.4, -0.2) is 82.6 Å². The van der Waals surface area contributed by atoms with Crippen LogP contribution in [0, 0.1) is 18.8 Å². The molecule has 320 valence electrons. The van der Waals surface area contributed by atoms with Crippen LogP contribution in [-0.2, 0) is 65.4 Å². The van der Waals surface area contributed by atoms with Crippen LogP contribution in [0.2, 0.25) is 0 Å². The number of allylic oxidation sites excluding steroid dienone is 2. The molecule has 0 N–H and O–H groups in total. The molecule has 2 unspecified atom stereocenters. The van der Waals surface area contributed by atoms with E-state index < -0.39 is 36.0 Å². The van der Waals surface area contributed by atoms with Gasteiger partial charge in [-0.25, -0.2) is 4.79 Å². The third kappa shape index (κ3) is 18.1. The molecule has 57 heavy (non-hydrogen) atoms. The molecule has 0 spiro atoms. The smallest absolute Gasteiger partial charge is 0.342 e. The van der Waals surface area contributed by atoms with Crippen molar-refractivity contribution in [1.82, 2.24) is 0 Å². The third-order valence-electron chi connectivity index (χ3n) is 9.68. The Hall–Kier alpha value is -4.46. The first-order chi connectivity index (χ1) is 27.2. The summed E-state index contributed by atoms with van der Waals surface area (Å²) in [6.07, 6.45) is 10.0. The van der Waals surface area contributed by atoms with E-state index in [-0.39, 0.29) is 74.8 Å². The molecule has 0 fully saturated rings. The zero-order valence-electron chi connectivity index (χ0n) is 35.3. The molecule has 0 aromatic heterocycles. The molecule has 2 atom stereocenters. The molecule has 1 aromatic rings. The number of benzene rings is 1. The maximum absolute atomic E-state index is 13.1. The predicted octanol–water partition coefficient (Wildman–Crippen LogP) is 7.25. The van der Waals surface area contributed by atoms with Crippen molar-refractivity contribution in [2.24, 2.45) is 11.8 Å². The zero-order chi connectivity index (χ0) is 42.3. The minimum absolute atomic E-state index is 0.0144. The molecule has 1 aromatic carbocycles. The van der Waals surface area contributed by atoms with Gasteiger partial charge >= 0.3 is 35.8 Å². The van der Waals surface area contributed by atoms with Crippen molar-refractivity contribution in [3.63, 3.8) is 0 Å². The van der Waals surface area contributed by atoms with Gasteiger partial charge in [0.1, 0.15) is 31.1 Å². The summed E-state index contributed by atoms with van der Waals surface area (Å²) in [7, 11) is 3.21. The molecule has 1 aliphatic rings. The second kappa shape index (κ2) is 26.5. The summed E-state index contributed by atoms with van der Waals surface area (Å²) in [5, 5.41) is 0. The van der Waals surface area contributed by atoms with E-state index >= 15 is 0 Å². The van der Waals surface area contributed by atoms with Crippen molar-refractivity contribution >= 4 is 35.8 Å². The first-order valence-corrected chi connectivity index (χ1v) is 20.1. The number of hydrogen-bond acceptors (Lipinski definition) is 14. The maximum atomic E-state index is 13.1. The number of hydrogen-bond donors (Lipinski definition) is 0. The zero-order valence-corrected chi connectivity index (χ0v) is 35.3. The number of carbonyl (C=O) groups excluding carboxylic acids is 6. The second-order valence-corrected chi connectivity index (χ2v) is 14.8. The standard InChI is InChI=1S/C43H64O14/c1-28(17-14-22-50-7)20-21-35-40(51-8)31(4)36-27-55-43(49)39(36)41(35)57-37(46)19-15-23-52-42(48)30(3)18-13-11-9-10-12-16-29(2)24-38(47)56-34(25-53-32(5)44)26-54-33(6)45/h20,29-30,34H,9-19,21-27H2,1-8H3/b28-20+. The molecule has 1 heterocycles. The van der Waals surface area contributed by atoms with Gasteiger partial charge in [0, 0.05) is 51.5 Å². The summed E-state index contributed by atoms with van der Waals surface area (Å²) >= 11 is 0. The average Bonchev–Trinajstić information content (AvgIpc) is 3.55. The van der Waals surface area contributed by atoms with Crippen LogP contribution in [0.1, 0.15) is 139 Å². The Morgan fingerprint density at radius 2 is 1.40 bits per heavy atom. The Morgan fingerprint density at radius 3 is 2.04 bits per heavy atom. The SMILES string of the molecule is COCCC/C(C)=C/Cc1c(OC)c(C)c2c(c1OC(=O)CCCOC(=O)C(C)CCCCCCCC(C)CC(=O)OC(COC(C)=O)COC(C)=O)C(=O)OC2. The molecule has 0 saturated carbocycles. The van der Waals surface area contributed by atoms with Crippen molar-refractivity contribution < 1.29 is 66.7 Å². The highest BCUT2D eigenvalue weighted by Crippen LogP contribution is 2.43. The van der Waals surface area contributed by atoms with Crippen molar-refractivity contribution in [3.8, 4) is 11.5 Å². The fraction of sp³-hybridized carbons (Fsp3) is 0.674. The van der Waals surface area contributed by atoms with E-state index in [9.17, 15) is 28.8 Å². The lowest BCUT2D eigenvalue weighted by atomic mass is 9.94. The van der Waals surface area contributed by atoms with E-state index in [1.165, 1.54) is 13.8 Å². The van der Waals surface area contributed by atoms with Gasteiger partial charge in [-0.3, -0.25) is 24.0 Å². The van der Waals surface area contributed by atoms with E-state index in [0.717, 1.165) is 62.5 Å². The number of rotatable bonds is 28. The summed E-state index contributed by atoms with van der Waals surface area (Å²) in [6.45, 7) is 10.6. The van der Waals surface area contributed by atoms with Crippen LogP contribution in [0.5, 0.6) is 11.5 Å². The predicted molar refractivity (Wildman–Crippen MR) is 210 cm³/mol. The average molecular weight is 805 g/mol.